The molecule has 1 amide bonds. The maximum Gasteiger partial charge on any atom is 0.219 e. The van der Waals surface area contributed by atoms with Gasteiger partial charge in [-0.25, -0.2) is 4.98 Å². The fraction of sp³-hybridized carbons (Fsp3) is 0.176. The average molecular weight is 279 g/mol. The van der Waals surface area contributed by atoms with E-state index in [1.807, 2.05) is 43.3 Å². The third-order valence-corrected chi connectivity index (χ3v) is 3.67. The molecule has 3 aromatic rings. The van der Waals surface area contributed by atoms with Crippen molar-refractivity contribution in [3.8, 4) is 0 Å². The molecule has 1 aromatic heterocycles. The number of nitrogens with zero attached hydrogens (tertiary/aromatic N) is 1. The van der Waals surface area contributed by atoms with Gasteiger partial charge >= 0.3 is 0 Å². The number of aryl methyl sites for hydroxylation is 1. The van der Waals surface area contributed by atoms with Crippen LogP contribution in [-0.2, 0) is 4.79 Å². The van der Waals surface area contributed by atoms with Crippen molar-refractivity contribution in [2.75, 3.05) is 0 Å². The second-order valence-electron chi connectivity index (χ2n) is 5.34. The van der Waals surface area contributed by atoms with Crippen LogP contribution in [0.1, 0.15) is 23.6 Å². The van der Waals surface area contributed by atoms with Crippen LogP contribution in [0.25, 0.3) is 21.8 Å². The van der Waals surface area contributed by atoms with Crippen LogP contribution in [-0.4, -0.2) is 10.9 Å². The Morgan fingerprint density at radius 3 is 2.62 bits per heavy atom. The van der Waals surface area contributed by atoms with Crippen molar-refractivity contribution >= 4 is 27.7 Å². The molecule has 4 nitrogen and oxygen atoms in total. The number of nitrogens with two attached hydrogens (primary N) is 2. The molecule has 1 heterocycles. The number of carbonyl (C=O) groups is 1. The van der Waals surface area contributed by atoms with Gasteiger partial charge < -0.3 is 11.5 Å². The third kappa shape index (κ3) is 2.45. The van der Waals surface area contributed by atoms with Crippen LogP contribution in [0.4, 0.5) is 0 Å². The Hall–Kier alpha value is -2.46. The van der Waals surface area contributed by atoms with Crippen LogP contribution in [0.15, 0.2) is 42.5 Å². The molecule has 0 aliphatic heterocycles. The van der Waals surface area contributed by atoms with Gasteiger partial charge in [0.15, 0.2) is 0 Å². The average Bonchev–Trinajstić information content (AvgIpc) is 2.44. The Morgan fingerprint density at radius 1 is 1.14 bits per heavy atom. The fourth-order valence-corrected chi connectivity index (χ4v) is 2.76. The van der Waals surface area contributed by atoms with Gasteiger partial charge in [-0.1, -0.05) is 29.8 Å². The summed E-state index contributed by atoms with van der Waals surface area (Å²) in [6, 6.07) is 13.5. The minimum Gasteiger partial charge on any atom is -0.370 e. The van der Waals surface area contributed by atoms with E-state index in [2.05, 4.69) is 11.1 Å². The molecule has 0 aliphatic carbocycles. The van der Waals surface area contributed by atoms with Crippen LogP contribution in [0, 0.1) is 6.92 Å². The summed E-state index contributed by atoms with van der Waals surface area (Å²) in [7, 11) is 0. The molecule has 0 spiro atoms. The van der Waals surface area contributed by atoms with Gasteiger partial charge in [-0.15, -0.1) is 0 Å². The van der Waals surface area contributed by atoms with Crippen molar-refractivity contribution < 1.29 is 4.79 Å². The van der Waals surface area contributed by atoms with Crippen LogP contribution in [0.3, 0.4) is 0 Å². The highest BCUT2D eigenvalue weighted by molar-refractivity contribution is 5.98. The molecule has 106 valence electrons. The summed E-state index contributed by atoms with van der Waals surface area (Å²) in [5.74, 6) is -0.399. The number of aromatic nitrogens is 1. The Labute approximate surface area is 122 Å². The molecule has 4 N–H and O–H groups in total. The number of benzene rings is 2. The summed E-state index contributed by atoms with van der Waals surface area (Å²) >= 11 is 0. The molecular formula is C17H17N3O. The highest BCUT2D eigenvalue weighted by Crippen LogP contribution is 2.31. The number of pyridine rings is 1. The number of hydrogen-bond donors (Lipinski definition) is 2. The zero-order chi connectivity index (χ0) is 15.0. The van der Waals surface area contributed by atoms with E-state index in [4.69, 9.17) is 11.5 Å². The fourth-order valence-electron chi connectivity index (χ4n) is 2.76. The first-order valence-electron chi connectivity index (χ1n) is 6.89. The minimum atomic E-state index is -0.431. The number of fused-ring (bicyclic) bond motifs is 2. The summed E-state index contributed by atoms with van der Waals surface area (Å²) in [4.78, 5) is 15.9. The summed E-state index contributed by atoms with van der Waals surface area (Å²) in [6.45, 7) is 2.03. The molecule has 1 unspecified atom stereocenters. The lowest BCUT2D eigenvalue weighted by Gasteiger charge is -2.16. The molecule has 0 aliphatic rings. The first-order chi connectivity index (χ1) is 10.1. The van der Waals surface area contributed by atoms with Gasteiger partial charge in [0.25, 0.3) is 0 Å². The predicted molar refractivity (Wildman–Crippen MR) is 84.7 cm³/mol. The molecule has 4 heteroatoms. The SMILES string of the molecule is Cc1ccc2nc3ccccc3c(C(N)CC(N)=O)c2c1. The maximum atomic E-state index is 11.2. The van der Waals surface area contributed by atoms with E-state index in [-0.39, 0.29) is 6.42 Å². The van der Waals surface area contributed by atoms with Gasteiger partial charge in [-0.2, -0.15) is 0 Å². The number of hydrogen-bond acceptors (Lipinski definition) is 3. The number of primary amides is 1. The molecule has 0 saturated heterocycles. The quantitative estimate of drug-likeness (QED) is 0.723. The standard InChI is InChI=1S/C17H17N3O/c1-10-6-7-15-12(8-10)17(13(18)9-16(19)21)11-4-2-3-5-14(11)20-15/h2-8,13H,9,18H2,1H3,(H2,19,21). The molecule has 2 aromatic carbocycles. The Morgan fingerprint density at radius 2 is 1.86 bits per heavy atom. The molecular weight excluding hydrogens is 262 g/mol. The summed E-state index contributed by atoms with van der Waals surface area (Å²) in [5.41, 5.74) is 15.4. The van der Waals surface area contributed by atoms with Gasteiger partial charge in [0, 0.05) is 23.2 Å². The molecule has 0 saturated carbocycles. The highest BCUT2D eigenvalue weighted by Gasteiger charge is 2.17. The van der Waals surface area contributed by atoms with E-state index >= 15 is 0 Å². The van der Waals surface area contributed by atoms with Crippen LogP contribution < -0.4 is 11.5 Å². The second kappa shape index (κ2) is 5.14. The van der Waals surface area contributed by atoms with Crippen molar-refractivity contribution in [3.63, 3.8) is 0 Å². The summed E-state index contributed by atoms with van der Waals surface area (Å²) < 4.78 is 0. The van der Waals surface area contributed by atoms with Gasteiger partial charge in [0.1, 0.15) is 0 Å². The maximum absolute atomic E-state index is 11.2. The van der Waals surface area contributed by atoms with E-state index < -0.39 is 11.9 Å². The number of para-hydroxylation sites is 1. The molecule has 21 heavy (non-hydrogen) atoms. The van der Waals surface area contributed by atoms with Crippen molar-refractivity contribution in [1.29, 1.82) is 0 Å². The van der Waals surface area contributed by atoms with Gasteiger partial charge in [-0.05, 0) is 30.7 Å². The highest BCUT2D eigenvalue weighted by atomic mass is 16.1. The first-order valence-corrected chi connectivity index (χ1v) is 6.89. The van der Waals surface area contributed by atoms with Crippen LogP contribution in [0.2, 0.25) is 0 Å². The molecule has 0 bridgehead atoms. The smallest absolute Gasteiger partial charge is 0.219 e. The normalized spacial score (nSPS) is 12.7. The van der Waals surface area contributed by atoms with Crippen LogP contribution in [0.5, 0.6) is 0 Å². The topological polar surface area (TPSA) is 82.0 Å². The molecule has 0 radical (unpaired) electrons. The van der Waals surface area contributed by atoms with Gasteiger partial charge in [0.2, 0.25) is 5.91 Å². The molecule has 1 atom stereocenters. The largest absolute Gasteiger partial charge is 0.370 e. The van der Waals surface area contributed by atoms with Crippen LogP contribution >= 0.6 is 0 Å². The van der Waals surface area contributed by atoms with Gasteiger partial charge in [0.05, 0.1) is 11.0 Å². The van der Waals surface area contributed by atoms with Crippen molar-refractivity contribution in [2.45, 2.75) is 19.4 Å². The van der Waals surface area contributed by atoms with E-state index in [0.717, 1.165) is 32.9 Å². The summed E-state index contributed by atoms with van der Waals surface area (Å²) in [5, 5.41) is 1.96. The predicted octanol–water partition coefficient (Wildman–Crippen LogP) is 2.57. The van der Waals surface area contributed by atoms with E-state index in [1.54, 1.807) is 0 Å². The lowest BCUT2D eigenvalue weighted by molar-refractivity contribution is -0.118. The minimum absolute atomic E-state index is 0.122. The number of amides is 1. The van der Waals surface area contributed by atoms with Crippen molar-refractivity contribution in [3.05, 3.63) is 53.6 Å². The Kier molecular flexibility index (Phi) is 3.31. The lowest BCUT2D eigenvalue weighted by Crippen LogP contribution is -2.21. The second-order valence-corrected chi connectivity index (χ2v) is 5.34. The van der Waals surface area contributed by atoms with E-state index in [0.29, 0.717) is 0 Å². The van der Waals surface area contributed by atoms with E-state index in [9.17, 15) is 4.79 Å². The van der Waals surface area contributed by atoms with Gasteiger partial charge in [-0.3, -0.25) is 4.79 Å². The number of carbonyl (C=O) groups excluding carboxylic acids is 1. The van der Waals surface area contributed by atoms with Crippen molar-refractivity contribution in [2.24, 2.45) is 11.5 Å². The number of rotatable bonds is 3. The molecule has 3 rings (SSSR count). The first kappa shape index (κ1) is 13.5. The Balaban J connectivity index is 2.38. The zero-order valence-electron chi connectivity index (χ0n) is 11.8. The zero-order valence-corrected chi connectivity index (χ0v) is 11.8. The summed E-state index contributed by atoms with van der Waals surface area (Å²) in [6.07, 6.45) is 0.122. The van der Waals surface area contributed by atoms with E-state index in [1.165, 1.54) is 0 Å². The Bertz CT molecular complexity index is 842. The lowest BCUT2D eigenvalue weighted by atomic mass is 9.94. The van der Waals surface area contributed by atoms with Crippen molar-refractivity contribution in [1.82, 2.24) is 4.98 Å². The molecule has 0 fully saturated rings. The third-order valence-electron chi connectivity index (χ3n) is 3.67. The monoisotopic (exact) mass is 279 g/mol.